The number of aromatic nitrogens is 6. The minimum atomic E-state index is -0.202. The quantitative estimate of drug-likeness (QED) is 0.0708. The van der Waals surface area contributed by atoms with Gasteiger partial charge in [-0.25, -0.2) is 14.0 Å². The van der Waals surface area contributed by atoms with Gasteiger partial charge in [0, 0.05) is 37.8 Å². The van der Waals surface area contributed by atoms with Gasteiger partial charge in [-0.2, -0.15) is 15.3 Å². The Balaban J connectivity index is 0.000000149. The van der Waals surface area contributed by atoms with Crippen LogP contribution in [-0.4, -0.2) is 74.4 Å². The second-order valence-corrected chi connectivity index (χ2v) is 31.9. The van der Waals surface area contributed by atoms with Gasteiger partial charge in [-0.1, -0.05) is 186 Å². The van der Waals surface area contributed by atoms with Crippen molar-refractivity contribution in [2.75, 3.05) is 21.3 Å². The molecule has 0 bridgehead atoms. The molecule has 1 fully saturated rings. The lowest BCUT2D eigenvalue weighted by Crippen LogP contribution is -2.39. The maximum absolute atomic E-state index is 13.7. The van der Waals surface area contributed by atoms with E-state index >= 15 is 0 Å². The van der Waals surface area contributed by atoms with E-state index in [9.17, 15) is 14.4 Å². The zero-order valence-corrected chi connectivity index (χ0v) is 69.4. The highest BCUT2D eigenvalue weighted by atomic mass is 35.5. The van der Waals surface area contributed by atoms with Gasteiger partial charge in [0.05, 0.1) is 82.6 Å². The number of halogens is 6. The molecule has 4 aliphatic carbocycles. The Morgan fingerprint density at radius 3 is 0.974 bits per heavy atom. The van der Waals surface area contributed by atoms with E-state index in [2.05, 4.69) is 41.1 Å². The van der Waals surface area contributed by atoms with Crippen LogP contribution in [0.4, 0.5) is 0 Å². The number of ether oxygens (including phenoxy) is 3. The zero-order chi connectivity index (χ0) is 79.9. The topological polar surface area (TPSA) is 168 Å². The van der Waals surface area contributed by atoms with Crippen molar-refractivity contribution in [3.63, 3.8) is 0 Å². The van der Waals surface area contributed by atoms with E-state index in [1.807, 2.05) is 186 Å². The first kappa shape index (κ1) is 82.2. The molecule has 0 radical (unpaired) electrons. The van der Waals surface area contributed by atoms with Crippen LogP contribution in [0, 0.1) is 5.92 Å². The lowest BCUT2D eigenvalue weighted by atomic mass is 9.84. The highest BCUT2D eigenvalue weighted by Gasteiger charge is 2.34. The molecule has 15 nitrogen and oxygen atoms in total. The molecule has 1 saturated carbocycles. The number of nitrogens with one attached hydrogen (secondary N) is 3. The van der Waals surface area contributed by atoms with Crippen molar-refractivity contribution in [2.24, 2.45) is 5.92 Å². The van der Waals surface area contributed by atoms with Crippen molar-refractivity contribution >= 4 is 122 Å². The molecule has 11 aromatic rings. The van der Waals surface area contributed by atoms with E-state index in [4.69, 9.17) is 99.1 Å². The Morgan fingerprint density at radius 2 is 0.675 bits per heavy atom. The molecule has 3 aromatic heterocycles. The highest BCUT2D eigenvalue weighted by Crippen LogP contribution is 2.42. The van der Waals surface area contributed by atoms with E-state index in [0.717, 1.165) is 173 Å². The lowest BCUT2D eigenvalue weighted by Gasteiger charge is -2.28. The van der Waals surface area contributed by atoms with Crippen molar-refractivity contribution < 1.29 is 28.6 Å². The first-order valence-electron chi connectivity index (χ1n) is 39.1. The molecular weight excluding hydrogens is 1550 g/mol. The van der Waals surface area contributed by atoms with Crippen LogP contribution in [0.5, 0.6) is 17.2 Å². The predicted octanol–water partition coefficient (Wildman–Crippen LogP) is 24.0. The SMILES string of the molecule is COc1ccc(/C=C2\CCCCc3c(C(=O)N[C@@H](C)c4ccccc4)nn(-c4ccc(Cl)cc4Cl)c32)cc1.COc1ccc(/C=C2\CCCCc3c(C(=O)N[C@H](C)C4CCCCC4)nn(-c4ccc(Cl)cc4Cl)c32)cc1.COc1ccc(/C=C2\CCCCc3c(C(=O)N[C@H](C)c4ccccc4)nn(-c4ccc(Cl)cc4Cl)c32)cc1. The summed E-state index contributed by atoms with van der Waals surface area (Å²) in [6.07, 6.45) is 23.5. The number of rotatable bonds is 18. The Bertz CT molecular complexity index is 5090. The van der Waals surface area contributed by atoms with E-state index in [1.165, 1.54) is 32.1 Å². The molecule has 588 valence electrons. The van der Waals surface area contributed by atoms with E-state index in [0.29, 0.717) is 70.2 Å². The van der Waals surface area contributed by atoms with Gasteiger partial charge in [0.15, 0.2) is 17.1 Å². The summed E-state index contributed by atoms with van der Waals surface area (Å²) in [6.45, 7) is 6.09. The summed E-state index contributed by atoms with van der Waals surface area (Å²) >= 11 is 38.6. The summed E-state index contributed by atoms with van der Waals surface area (Å²) in [5.74, 6) is 2.44. The minimum Gasteiger partial charge on any atom is -0.497 e. The third-order valence-corrected chi connectivity index (χ3v) is 23.3. The fourth-order valence-electron chi connectivity index (χ4n) is 15.6. The molecule has 3 N–H and O–H groups in total. The number of allylic oxidation sites excluding steroid dienone is 3. The average Bonchev–Trinajstić information content (AvgIpc) is 1.63. The van der Waals surface area contributed by atoms with E-state index < -0.39 is 0 Å². The summed E-state index contributed by atoms with van der Waals surface area (Å²) in [4.78, 5) is 41.0. The number of hydrogen-bond donors (Lipinski definition) is 3. The van der Waals surface area contributed by atoms with E-state index in [-0.39, 0.29) is 35.8 Å². The second-order valence-electron chi connectivity index (χ2n) is 29.4. The molecule has 3 amide bonds. The second kappa shape index (κ2) is 38.5. The van der Waals surface area contributed by atoms with Crippen LogP contribution >= 0.6 is 69.6 Å². The van der Waals surface area contributed by atoms with Crippen LogP contribution in [0.1, 0.15) is 216 Å². The van der Waals surface area contributed by atoms with Gasteiger partial charge in [-0.3, -0.25) is 14.4 Å². The summed E-state index contributed by atoms with van der Waals surface area (Å²) in [5, 5.41) is 27.4. The van der Waals surface area contributed by atoms with Gasteiger partial charge < -0.3 is 30.2 Å². The minimum absolute atomic E-state index is 0.103. The van der Waals surface area contributed by atoms with Gasteiger partial charge in [-0.05, 0) is 270 Å². The monoisotopic (exact) mass is 1640 g/mol. The maximum atomic E-state index is 13.7. The molecule has 0 aliphatic heterocycles. The van der Waals surface area contributed by atoms with Crippen molar-refractivity contribution in [3.05, 3.63) is 297 Å². The number of nitrogens with zero attached hydrogens (tertiary/aromatic N) is 6. The maximum Gasteiger partial charge on any atom is 0.272 e. The van der Waals surface area contributed by atoms with Crippen LogP contribution < -0.4 is 30.2 Å². The molecular formula is C93H93Cl6N9O6. The Kier molecular flexibility index (Phi) is 27.8. The normalized spacial score (nSPS) is 16.0. The fourth-order valence-corrected chi connectivity index (χ4v) is 17.1. The van der Waals surface area contributed by atoms with Crippen LogP contribution in [-0.2, 0) is 19.3 Å². The van der Waals surface area contributed by atoms with Gasteiger partial charge >= 0.3 is 0 Å². The summed E-state index contributed by atoms with van der Waals surface area (Å²) in [7, 11) is 4.98. The van der Waals surface area contributed by atoms with Gasteiger partial charge in [0.2, 0.25) is 0 Å². The zero-order valence-electron chi connectivity index (χ0n) is 64.9. The van der Waals surface area contributed by atoms with Crippen molar-refractivity contribution in [2.45, 2.75) is 148 Å². The number of hydrogen-bond acceptors (Lipinski definition) is 9. The smallest absolute Gasteiger partial charge is 0.272 e. The first-order chi connectivity index (χ1) is 55.3. The van der Waals surface area contributed by atoms with Crippen molar-refractivity contribution in [3.8, 4) is 34.3 Å². The van der Waals surface area contributed by atoms with Crippen molar-refractivity contribution in [1.29, 1.82) is 0 Å². The molecule has 0 saturated heterocycles. The van der Waals surface area contributed by atoms with Crippen LogP contribution in [0.2, 0.25) is 30.1 Å². The first-order valence-corrected chi connectivity index (χ1v) is 41.4. The van der Waals surface area contributed by atoms with Crippen LogP contribution in [0.15, 0.2) is 188 Å². The number of carbonyl (C=O) groups is 3. The summed E-state index contributed by atoms with van der Waals surface area (Å²) in [6, 6.07) is 59.6. The predicted molar refractivity (Wildman–Crippen MR) is 464 cm³/mol. The number of fused-ring (bicyclic) bond motifs is 3. The average molecular weight is 1650 g/mol. The van der Waals surface area contributed by atoms with Crippen molar-refractivity contribution in [1.82, 2.24) is 45.3 Å². The Hall–Kier alpha value is -9.84. The number of methoxy groups -OCH3 is 3. The third-order valence-electron chi connectivity index (χ3n) is 21.7. The van der Waals surface area contributed by atoms with Gasteiger partial charge in [-0.15, -0.1) is 0 Å². The van der Waals surface area contributed by atoms with Crippen LogP contribution in [0.3, 0.4) is 0 Å². The Morgan fingerprint density at radius 1 is 0.377 bits per heavy atom. The van der Waals surface area contributed by atoms with E-state index in [1.54, 1.807) is 51.7 Å². The standard InChI is InChI=1S/C31H35Cl2N3O2.2C31H29Cl2N3O2/c3*1-20(22-8-4-3-5-9-22)34-31(37)29-26-11-7-6-10-23(18-21-12-15-25(38-2)16-13-21)30(26)36(35-29)28-17-14-24(32)19-27(28)33/h12-20,22H,3-11H2,1-2H3,(H,34,37);2*3-5,8-9,12-20H,6-7,10-11H2,1-2H3,(H,34,37)/b3*23-18+/t3*20-/m110/s1. The summed E-state index contributed by atoms with van der Waals surface area (Å²) in [5.41, 5.74) is 17.7. The molecule has 8 aromatic carbocycles. The lowest BCUT2D eigenvalue weighted by molar-refractivity contribution is 0.0908. The molecule has 3 atom stereocenters. The largest absolute Gasteiger partial charge is 0.497 e. The van der Waals surface area contributed by atoms with Gasteiger partial charge in [0.1, 0.15) is 17.2 Å². The number of amides is 3. The highest BCUT2D eigenvalue weighted by molar-refractivity contribution is 6.37. The molecule has 15 rings (SSSR count). The third kappa shape index (κ3) is 19.7. The van der Waals surface area contributed by atoms with Gasteiger partial charge in [0.25, 0.3) is 17.7 Å². The summed E-state index contributed by atoms with van der Waals surface area (Å²) < 4.78 is 21.5. The Labute approximate surface area is 697 Å². The molecule has 4 aliphatic rings. The number of carbonyl (C=O) groups excluding carboxylic acids is 3. The molecule has 0 unspecified atom stereocenters. The molecule has 0 spiro atoms. The number of benzene rings is 8. The molecule has 3 heterocycles. The molecule has 114 heavy (non-hydrogen) atoms. The molecule has 21 heteroatoms. The van der Waals surface area contributed by atoms with Crippen LogP contribution in [0.25, 0.3) is 52.0 Å². The fraction of sp³-hybridized carbons (Fsp3) is 0.290.